The van der Waals surface area contributed by atoms with E-state index < -0.39 is 0 Å². The number of halogens is 1. The lowest BCUT2D eigenvalue weighted by Crippen LogP contribution is -2.12. The molecule has 0 bridgehead atoms. The number of nitrogens with zero attached hydrogens (tertiary/aromatic N) is 2. The van der Waals surface area contributed by atoms with Crippen LogP contribution in [0.5, 0.6) is 11.6 Å². The minimum atomic E-state index is 0.511. The molecule has 5 nitrogen and oxygen atoms in total. The molecule has 6 heteroatoms. The minimum Gasteiger partial charge on any atom is -0.439 e. The van der Waals surface area contributed by atoms with E-state index in [0.29, 0.717) is 17.5 Å². The first kappa shape index (κ1) is 13.0. The van der Waals surface area contributed by atoms with Gasteiger partial charge in [-0.05, 0) is 60.7 Å². The largest absolute Gasteiger partial charge is 0.439 e. The third-order valence-electron chi connectivity index (χ3n) is 2.38. The second-order valence-electron chi connectivity index (χ2n) is 3.75. The van der Waals surface area contributed by atoms with Crippen molar-refractivity contribution in [1.29, 1.82) is 0 Å². The first-order chi connectivity index (χ1) is 8.60. The number of hydrazine groups is 1. The van der Waals surface area contributed by atoms with Crippen LogP contribution in [-0.4, -0.2) is 9.97 Å². The SMILES string of the molecule is Cc1nc(NN)c(C)c(Oc2ccc(I)cc2)n1. The number of rotatable bonds is 3. The first-order valence-corrected chi connectivity index (χ1v) is 6.43. The zero-order chi connectivity index (χ0) is 13.1. The van der Waals surface area contributed by atoms with Gasteiger partial charge in [-0.25, -0.2) is 10.8 Å². The van der Waals surface area contributed by atoms with Crippen LogP contribution in [0.25, 0.3) is 0 Å². The van der Waals surface area contributed by atoms with Crippen molar-refractivity contribution in [2.24, 2.45) is 5.84 Å². The number of anilines is 1. The van der Waals surface area contributed by atoms with Crippen LogP contribution >= 0.6 is 22.6 Å². The fourth-order valence-electron chi connectivity index (χ4n) is 1.46. The third kappa shape index (κ3) is 2.88. The van der Waals surface area contributed by atoms with Gasteiger partial charge in [-0.1, -0.05) is 0 Å². The molecular weight excluding hydrogens is 343 g/mol. The van der Waals surface area contributed by atoms with Crippen LogP contribution in [-0.2, 0) is 0 Å². The number of nitrogens with one attached hydrogen (secondary N) is 1. The maximum Gasteiger partial charge on any atom is 0.227 e. The Labute approximate surface area is 119 Å². The standard InChI is InChI=1S/C12H13IN4O/c1-7-11(17-14)15-8(2)16-12(7)18-10-5-3-9(13)4-6-10/h3-6H,14H2,1-2H3,(H,15,16,17). The predicted molar refractivity (Wildman–Crippen MR) is 78.5 cm³/mol. The Morgan fingerprint density at radius 1 is 1.17 bits per heavy atom. The fourth-order valence-corrected chi connectivity index (χ4v) is 1.82. The second-order valence-corrected chi connectivity index (χ2v) is 5.00. The van der Waals surface area contributed by atoms with Crippen molar-refractivity contribution in [1.82, 2.24) is 9.97 Å². The summed E-state index contributed by atoms with van der Waals surface area (Å²) >= 11 is 2.24. The Kier molecular flexibility index (Phi) is 3.97. The van der Waals surface area contributed by atoms with Gasteiger partial charge in [0.15, 0.2) is 0 Å². The molecule has 0 saturated carbocycles. The van der Waals surface area contributed by atoms with E-state index in [2.05, 4.69) is 38.0 Å². The smallest absolute Gasteiger partial charge is 0.227 e. The summed E-state index contributed by atoms with van der Waals surface area (Å²) in [5.41, 5.74) is 3.32. The third-order valence-corrected chi connectivity index (χ3v) is 3.10. The van der Waals surface area contributed by atoms with Gasteiger partial charge in [-0.15, -0.1) is 0 Å². The molecule has 0 fully saturated rings. The van der Waals surface area contributed by atoms with Gasteiger partial charge in [-0.3, -0.25) is 0 Å². The Bertz CT molecular complexity index is 557. The van der Waals surface area contributed by atoms with Gasteiger partial charge < -0.3 is 10.2 Å². The summed E-state index contributed by atoms with van der Waals surface area (Å²) < 4.78 is 6.89. The molecule has 0 radical (unpaired) electrons. The Balaban J connectivity index is 2.34. The Morgan fingerprint density at radius 3 is 2.44 bits per heavy atom. The fraction of sp³-hybridized carbons (Fsp3) is 0.167. The molecule has 3 N–H and O–H groups in total. The van der Waals surface area contributed by atoms with E-state index in [0.717, 1.165) is 14.9 Å². The highest BCUT2D eigenvalue weighted by atomic mass is 127. The summed E-state index contributed by atoms with van der Waals surface area (Å²) in [5, 5.41) is 0. The van der Waals surface area contributed by atoms with Crippen LogP contribution in [0.4, 0.5) is 5.82 Å². The quantitative estimate of drug-likeness (QED) is 0.503. The van der Waals surface area contributed by atoms with E-state index in [-0.39, 0.29) is 0 Å². The van der Waals surface area contributed by atoms with E-state index in [4.69, 9.17) is 10.6 Å². The highest BCUT2D eigenvalue weighted by Crippen LogP contribution is 2.26. The van der Waals surface area contributed by atoms with Crippen LogP contribution in [0.15, 0.2) is 24.3 Å². The summed E-state index contributed by atoms with van der Waals surface area (Å²) in [5.74, 6) is 7.83. The number of hydrogen-bond acceptors (Lipinski definition) is 5. The summed E-state index contributed by atoms with van der Waals surface area (Å²) in [6.45, 7) is 3.65. The molecule has 0 amide bonds. The average Bonchev–Trinajstić information content (AvgIpc) is 2.36. The molecule has 0 saturated heterocycles. The van der Waals surface area contributed by atoms with E-state index in [1.807, 2.05) is 31.2 Å². The van der Waals surface area contributed by atoms with E-state index in [9.17, 15) is 0 Å². The first-order valence-electron chi connectivity index (χ1n) is 5.35. The summed E-state index contributed by atoms with van der Waals surface area (Å²) in [4.78, 5) is 8.45. The highest BCUT2D eigenvalue weighted by molar-refractivity contribution is 14.1. The maximum atomic E-state index is 5.74. The highest BCUT2D eigenvalue weighted by Gasteiger charge is 2.10. The molecule has 18 heavy (non-hydrogen) atoms. The van der Waals surface area contributed by atoms with Crippen LogP contribution in [0.1, 0.15) is 11.4 Å². The van der Waals surface area contributed by atoms with Gasteiger partial charge >= 0.3 is 0 Å². The lowest BCUT2D eigenvalue weighted by Gasteiger charge is -2.11. The lowest BCUT2D eigenvalue weighted by molar-refractivity contribution is 0.456. The molecule has 2 aromatic rings. The zero-order valence-corrected chi connectivity index (χ0v) is 12.2. The van der Waals surface area contributed by atoms with Crippen molar-refractivity contribution >= 4 is 28.4 Å². The van der Waals surface area contributed by atoms with Gasteiger partial charge in [0, 0.05) is 3.57 Å². The van der Waals surface area contributed by atoms with Gasteiger partial charge in [0.2, 0.25) is 5.88 Å². The number of benzene rings is 1. The number of nitrogens with two attached hydrogens (primary N) is 1. The van der Waals surface area contributed by atoms with Crippen molar-refractivity contribution < 1.29 is 4.74 Å². The number of nitrogen functional groups attached to an aromatic ring is 1. The summed E-state index contributed by atoms with van der Waals surface area (Å²) in [6.07, 6.45) is 0. The van der Waals surface area contributed by atoms with Crippen molar-refractivity contribution in [2.75, 3.05) is 5.43 Å². The molecule has 0 unspecified atom stereocenters. The molecule has 1 aromatic carbocycles. The summed E-state index contributed by atoms with van der Waals surface area (Å²) in [6, 6.07) is 7.74. The van der Waals surface area contributed by atoms with Gasteiger partial charge in [0.1, 0.15) is 17.4 Å². The van der Waals surface area contributed by atoms with Gasteiger partial charge in [0.05, 0.1) is 5.56 Å². The van der Waals surface area contributed by atoms with Crippen LogP contribution in [0, 0.1) is 17.4 Å². The van der Waals surface area contributed by atoms with E-state index in [1.165, 1.54) is 0 Å². The van der Waals surface area contributed by atoms with Crippen molar-refractivity contribution in [3.63, 3.8) is 0 Å². The van der Waals surface area contributed by atoms with Crippen molar-refractivity contribution in [3.05, 3.63) is 39.2 Å². The number of aryl methyl sites for hydroxylation is 1. The monoisotopic (exact) mass is 356 g/mol. The van der Waals surface area contributed by atoms with Gasteiger partial charge in [0.25, 0.3) is 0 Å². The zero-order valence-electron chi connectivity index (χ0n) is 10.1. The normalized spacial score (nSPS) is 10.2. The number of ether oxygens (including phenoxy) is 1. The van der Waals surface area contributed by atoms with Gasteiger partial charge in [-0.2, -0.15) is 4.98 Å². The number of aromatic nitrogens is 2. The topological polar surface area (TPSA) is 73.1 Å². The summed E-state index contributed by atoms with van der Waals surface area (Å²) in [7, 11) is 0. The Morgan fingerprint density at radius 2 is 1.83 bits per heavy atom. The second kappa shape index (κ2) is 5.49. The van der Waals surface area contributed by atoms with E-state index in [1.54, 1.807) is 6.92 Å². The molecule has 94 valence electrons. The maximum absolute atomic E-state index is 5.74. The van der Waals surface area contributed by atoms with Crippen LogP contribution in [0.2, 0.25) is 0 Å². The lowest BCUT2D eigenvalue weighted by atomic mass is 10.3. The molecule has 1 aromatic heterocycles. The predicted octanol–water partition coefficient (Wildman–Crippen LogP) is 2.78. The molecule has 1 heterocycles. The van der Waals surface area contributed by atoms with Crippen molar-refractivity contribution in [3.8, 4) is 11.6 Å². The molecule has 0 aliphatic rings. The average molecular weight is 356 g/mol. The van der Waals surface area contributed by atoms with Crippen LogP contribution < -0.4 is 16.0 Å². The molecule has 0 atom stereocenters. The molecule has 2 rings (SSSR count). The van der Waals surface area contributed by atoms with Crippen LogP contribution in [0.3, 0.4) is 0 Å². The number of hydrogen-bond donors (Lipinski definition) is 2. The molecule has 0 spiro atoms. The van der Waals surface area contributed by atoms with E-state index >= 15 is 0 Å². The minimum absolute atomic E-state index is 0.511. The molecule has 0 aliphatic carbocycles. The molecular formula is C12H13IN4O. The Hall–Kier alpha value is -1.41. The van der Waals surface area contributed by atoms with Crippen molar-refractivity contribution in [2.45, 2.75) is 13.8 Å². The molecule has 0 aliphatic heterocycles.